The van der Waals surface area contributed by atoms with Gasteiger partial charge in [-0.15, -0.1) is 0 Å². The zero-order valence-corrected chi connectivity index (χ0v) is 39.3. The maximum atomic E-state index is 14.2. The van der Waals surface area contributed by atoms with Crippen molar-refractivity contribution in [2.24, 2.45) is 38.7 Å². The Labute approximate surface area is 412 Å². The van der Waals surface area contributed by atoms with Gasteiger partial charge in [-0.2, -0.15) is 0 Å². The fraction of sp³-hybridized carbons (Fsp3) is 0.455. The van der Waals surface area contributed by atoms with Gasteiger partial charge in [-0.25, -0.2) is 4.79 Å². The largest absolute Gasteiger partial charge is 0.481 e. The fourth-order valence-electron chi connectivity index (χ4n) is 6.60. The third-order valence-corrected chi connectivity index (χ3v) is 10.2. The van der Waals surface area contributed by atoms with Gasteiger partial charge in [0.2, 0.25) is 41.4 Å². The van der Waals surface area contributed by atoms with Gasteiger partial charge in [-0.05, 0) is 43.7 Å². The number of aliphatic hydroxyl groups excluding tert-OH is 1. The van der Waals surface area contributed by atoms with Gasteiger partial charge in [0.1, 0.15) is 36.3 Å². The second kappa shape index (κ2) is 31.0. The van der Waals surface area contributed by atoms with Gasteiger partial charge in [0.15, 0.2) is 11.9 Å². The third kappa shape index (κ3) is 23.3. The van der Waals surface area contributed by atoms with Crippen molar-refractivity contribution in [2.45, 2.75) is 107 Å². The molecule has 0 saturated carbocycles. The number of nitrogens with zero attached hydrogens (tertiary/aromatic N) is 2. The highest BCUT2D eigenvalue weighted by molar-refractivity contribution is 5.98. The maximum absolute atomic E-state index is 14.2. The molecule has 0 radical (unpaired) electrons. The van der Waals surface area contributed by atoms with Gasteiger partial charge in [-0.1, -0.05) is 60.7 Å². The fourth-order valence-corrected chi connectivity index (χ4v) is 6.60. The number of nitrogens with two attached hydrogens (primary N) is 5. The van der Waals surface area contributed by atoms with E-state index < -0.39 is 127 Å². The number of benzene rings is 2. The molecule has 0 heterocycles. The minimum absolute atomic E-state index is 0.00727. The zero-order chi connectivity index (χ0) is 53.9. The molecule has 2 aromatic rings. The molecule has 28 heteroatoms. The average Bonchev–Trinajstić information content (AvgIpc) is 3.30. The van der Waals surface area contributed by atoms with Crippen molar-refractivity contribution in [3.8, 4) is 0 Å². The highest BCUT2D eigenvalue weighted by Crippen LogP contribution is 2.10. The highest BCUT2D eigenvalue weighted by Gasteiger charge is 2.35. The molecule has 8 atom stereocenters. The van der Waals surface area contributed by atoms with Crippen molar-refractivity contribution in [2.75, 3.05) is 19.6 Å². The second-order valence-electron chi connectivity index (χ2n) is 16.2. The number of aliphatic imine (C=N–C) groups is 2. The molecule has 0 unspecified atom stereocenters. The molecule has 2 aromatic carbocycles. The number of hydrogen-bond donors (Lipinski definition) is 16. The summed E-state index contributed by atoms with van der Waals surface area (Å²) in [5.41, 5.74) is 28.6. The molecule has 0 spiro atoms. The number of amides is 7. The smallest absolute Gasteiger partial charge is 0.326 e. The first-order chi connectivity index (χ1) is 34.0. The van der Waals surface area contributed by atoms with E-state index in [2.05, 4.69) is 47.2 Å². The van der Waals surface area contributed by atoms with Gasteiger partial charge in [0.25, 0.3) is 0 Å². The first-order valence-corrected chi connectivity index (χ1v) is 22.3. The lowest BCUT2D eigenvalue weighted by atomic mass is 10.0. The van der Waals surface area contributed by atoms with Crippen molar-refractivity contribution in [1.82, 2.24) is 37.2 Å². The van der Waals surface area contributed by atoms with Gasteiger partial charge in [0.05, 0.1) is 31.5 Å². The van der Waals surface area contributed by atoms with Crippen LogP contribution in [0.5, 0.6) is 0 Å². The van der Waals surface area contributed by atoms with E-state index in [1.165, 1.54) is 0 Å². The van der Waals surface area contributed by atoms with Crippen LogP contribution in [0, 0.1) is 0 Å². The van der Waals surface area contributed by atoms with Crippen LogP contribution in [0.4, 0.5) is 0 Å². The number of guanidine groups is 2. The van der Waals surface area contributed by atoms with E-state index in [1.54, 1.807) is 60.7 Å². The number of carboxylic acid groups (broad SMARTS) is 3. The Balaban J connectivity index is 2.44. The Morgan fingerprint density at radius 3 is 1.39 bits per heavy atom. The molecule has 72 heavy (non-hydrogen) atoms. The standard InChI is InChI=1S/C44H64N14O14/c1-23(59)35(58-36(65)26(45)20-33(61)62)41(70)57-30(21-34(63)64)40(69)55-27(14-8-16-50-43(46)47)38(67)54-28(15-9-17-51-44(48)49)39(68)56-29(18-24-10-4-2-5-11-24)37(66)52-22-32(60)53-31(42(71)72)19-25-12-6-3-7-13-25/h2-7,10-13,23,26-31,35,59H,8-9,14-22,45H2,1H3,(H,52,66)(H,53,60)(H,54,67)(H,55,69)(H,56,68)(H,57,70)(H,58,65)(H,61,62)(H,63,64)(H,71,72)(H4,46,47,50)(H4,48,49,51)/t23-,26+,27+,28+,29+,30+,31+,35+/m1/s1. The molecule has 0 aromatic heterocycles. The van der Waals surface area contributed by atoms with Crippen molar-refractivity contribution >= 4 is 71.2 Å². The van der Waals surface area contributed by atoms with Crippen LogP contribution in [0.3, 0.4) is 0 Å². The van der Waals surface area contributed by atoms with Crippen molar-refractivity contribution in [3.05, 3.63) is 71.8 Å². The number of nitrogens with one attached hydrogen (secondary N) is 7. The van der Waals surface area contributed by atoms with Crippen LogP contribution in [0.1, 0.15) is 56.6 Å². The average molecular weight is 1010 g/mol. The lowest BCUT2D eigenvalue weighted by Crippen LogP contribution is -2.61. The molecule has 21 N–H and O–H groups in total. The van der Waals surface area contributed by atoms with E-state index in [1.807, 2.05) is 0 Å². The number of carboxylic acids is 3. The molecule has 0 bridgehead atoms. The molecule has 28 nitrogen and oxygen atoms in total. The lowest BCUT2D eigenvalue weighted by molar-refractivity contribution is -0.142. The molecular formula is C44H64N14O14. The van der Waals surface area contributed by atoms with Crippen LogP contribution in [0.2, 0.25) is 0 Å². The highest BCUT2D eigenvalue weighted by atomic mass is 16.4. The van der Waals surface area contributed by atoms with Crippen LogP contribution in [-0.4, -0.2) is 160 Å². The molecule has 0 aliphatic heterocycles. The predicted octanol–water partition coefficient (Wildman–Crippen LogP) is -5.65. The Kier molecular flexibility index (Phi) is 25.7. The molecular weight excluding hydrogens is 949 g/mol. The Morgan fingerprint density at radius 1 is 0.528 bits per heavy atom. The number of aliphatic hydroxyl groups is 1. The summed E-state index contributed by atoms with van der Waals surface area (Å²) in [6, 6.07) is 5.44. The quantitative estimate of drug-likeness (QED) is 0.0184. The zero-order valence-electron chi connectivity index (χ0n) is 39.3. The Hall–Kier alpha value is -8.40. The van der Waals surface area contributed by atoms with Crippen molar-refractivity contribution in [3.63, 3.8) is 0 Å². The van der Waals surface area contributed by atoms with Crippen LogP contribution < -0.4 is 65.9 Å². The molecule has 0 fully saturated rings. The van der Waals surface area contributed by atoms with E-state index in [0.29, 0.717) is 11.1 Å². The summed E-state index contributed by atoms with van der Waals surface area (Å²) in [5.74, 6) is -12.4. The van der Waals surface area contributed by atoms with Crippen LogP contribution in [-0.2, 0) is 60.8 Å². The minimum Gasteiger partial charge on any atom is -0.481 e. The summed E-state index contributed by atoms with van der Waals surface area (Å²) in [6.07, 6.45) is -4.26. The molecule has 0 aliphatic rings. The lowest BCUT2D eigenvalue weighted by Gasteiger charge is -2.27. The molecule has 0 saturated heterocycles. The van der Waals surface area contributed by atoms with Crippen LogP contribution in [0.15, 0.2) is 70.6 Å². The van der Waals surface area contributed by atoms with E-state index in [4.69, 9.17) is 33.8 Å². The monoisotopic (exact) mass is 1010 g/mol. The first-order valence-electron chi connectivity index (χ1n) is 22.3. The van der Waals surface area contributed by atoms with Gasteiger partial charge >= 0.3 is 17.9 Å². The normalized spacial score (nSPS) is 14.0. The molecule has 0 aliphatic carbocycles. The summed E-state index contributed by atoms with van der Waals surface area (Å²) in [6.45, 7) is 0.235. The molecule has 7 amide bonds. The van der Waals surface area contributed by atoms with E-state index in [0.717, 1.165) is 6.92 Å². The van der Waals surface area contributed by atoms with E-state index >= 15 is 0 Å². The second-order valence-corrected chi connectivity index (χ2v) is 16.2. The summed E-state index contributed by atoms with van der Waals surface area (Å²) in [5, 5.41) is 55.1. The maximum Gasteiger partial charge on any atom is 0.326 e. The van der Waals surface area contributed by atoms with Gasteiger partial charge in [-0.3, -0.25) is 53.1 Å². The van der Waals surface area contributed by atoms with Gasteiger partial charge < -0.3 is 86.3 Å². The number of carbonyl (C=O) groups excluding carboxylic acids is 7. The summed E-state index contributed by atoms with van der Waals surface area (Å²) in [4.78, 5) is 137. The Morgan fingerprint density at radius 2 is 0.958 bits per heavy atom. The van der Waals surface area contributed by atoms with E-state index in [-0.39, 0.29) is 63.5 Å². The van der Waals surface area contributed by atoms with Crippen molar-refractivity contribution < 1.29 is 68.4 Å². The van der Waals surface area contributed by atoms with Crippen LogP contribution in [0.25, 0.3) is 0 Å². The number of rotatable bonds is 32. The number of hydrogen-bond acceptors (Lipinski definition) is 14. The number of carbonyl (C=O) groups is 10. The topological polar surface area (TPSA) is 491 Å². The summed E-state index contributed by atoms with van der Waals surface area (Å²) >= 11 is 0. The van der Waals surface area contributed by atoms with Crippen LogP contribution >= 0.6 is 0 Å². The van der Waals surface area contributed by atoms with Gasteiger partial charge in [0, 0.05) is 25.9 Å². The summed E-state index contributed by atoms with van der Waals surface area (Å²) in [7, 11) is 0. The SMILES string of the molecule is C[C@@H](O)[C@H](NC(=O)[C@@H](N)CC(=O)O)C(=O)N[C@@H](CC(=O)O)C(=O)N[C@@H](CCCN=C(N)N)C(=O)N[C@@H](CCCN=C(N)N)C(=O)N[C@@H](Cc1ccccc1)C(=O)NCC(=O)N[C@@H](Cc1ccccc1)C(=O)O. The molecule has 2 rings (SSSR count). The Bertz CT molecular complexity index is 2240. The van der Waals surface area contributed by atoms with Crippen molar-refractivity contribution in [1.29, 1.82) is 0 Å². The summed E-state index contributed by atoms with van der Waals surface area (Å²) < 4.78 is 0. The molecule has 394 valence electrons. The third-order valence-electron chi connectivity index (χ3n) is 10.2. The van der Waals surface area contributed by atoms with E-state index in [9.17, 15) is 63.3 Å². The predicted molar refractivity (Wildman–Crippen MR) is 257 cm³/mol. The first kappa shape index (κ1) is 59.7. The minimum atomic E-state index is -1.98. The number of aliphatic carboxylic acids is 3.